The molecule has 0 spiro atoms. The first kappa shape index (κ1) is 29.3. The topological polar surface area (TPSA) is 81.4 Å². The van der Waals surface area contributed by atoms with E-state index < -0.39 is 51.7 Å². The molecule has 0 radical (unpaired) electrons. The second-order valence-electron chi connectivity index (χ2n) is 12.6. The number of aromatic nitrogens is 2. The number of esters is 1. The number of nitrogens with zero attached hydrogens (tertiary/aromatic N) is 2. The highest BCUT2D eigenvalue weighted by molar-refractivity contribution is 8.13. The molecular weight excluding hydrogens is 579 g/mol. The van der Waals surface area contributed by atoms with Gasteiger partial charge in [-0.15, -0.1) is 0 Å². The van der Waals surface area contributed by atoms with Crippen molar-refractivity contribution in [2.24, 2.45) is 34.5 Å². The van der Waals surface area contributed by atoms with Crippen LogP contribution < -0.4 is 0 Å². The van der Waals surface area contributed by atoms with Crippen LogP contribution in [-0.4, -0.2) is 43.9 Å². The Morgan fingerprint density at radius 1 is 1.17 bits per heavy atom. The zero-order valence-electron chi connectivity index (χ0n) is 23.1. The van der Waals surface area contributed by atoms with Crippen molar-refractivity contribution in [2.45, 2.75) is 64.3 Å². The molecule has 7 atom stereocenters. The Kier molecular flexibility index (Phi) is 6.92. The van der Waals surface area contributed by atoms with Gasteiger partial charge in [0, 0.05) is 23.7 Å². The minimum atomic E-state index is -5.33. The van der Waals surface area contributed by atoms with Crippen LogP contribution in [0.2, 0.25) is 0 Å². The van der Waals surface area contributed by atoms with E-state index >= 15 is 0 Å². The number of halogens is 5. The zero-order valence-corrected chi connectivity index (χ0v) is 23.9. The summed E-state index contributed by atoms with van der Waals surface area (Å²) in [6, 6.07) is 4.93. The highest BCUT2D eigenvalue weighted by Gasteiger charge is 2.70. The van der Waals surface area contributed by atoms with E-state index in [0.717, 1.165) is 16.8 Å². The molecule has 42 heavy (non-hydrogen) atoms. The van der Waals surface area contributed by atoms with Crippen molar-refractivity contribution in [1.29, 1.82) is 0 Å². The van der Waals surface area contributed by atoms with Crippen molar-refractivity contribution in [3.63, 3.8) is 0 Å². The largest absolute Gasteiger partial charge is 0.491 e. The first-order chi connectivity index (χ1) is 19.7. The molecule has 2 aromatic rings. The number of aliphatic hydroxyl groups is 1. The maximum absolute atomic E-state index is 13.6. The zero-order chi connectivity index (χ0) is 30.2. The van der Waals surface area contributed by atoms with Crippen LogP contribution in [0.3, 0.4) is 0 Å². The minimum Gasteiger partial charge on any atom is -0.426 e. The number of carbonyl (C=O) groups is 2. The summed E-state index contributed by atoms with van der Waals surface area (Å²) in [6.07, 6.45) is 0.349. The second-order valence-corrected chi connectivity index (χ2v) is 13.5. The Morgan fingerprint density at radius 3 is 2.55 bits per heavy atom. The summed E-state index contributed by atoms with van der Waals surface area (Å²) in [4.78, 5) is 25.2. The first-order valence-corrected chi connectivity index (χ1v) is 15.0. The van der Waals surface area contributed by atoms with Gasteiger partial charge in [-0.1, -0.05) is 31.2 Å². The minimum absolute atomic E-state index is 0.136. The van der Waals surface area contributed by atoms with E-state index in [9.17, 15) is 36.6 Å². The highest BCUT2D eigenvalue weighted by atomic mass is 32.2. The van der Waals surface area contributed by atoms with E-state index in [2.05, 4.69) is 5.10 Å². The Labute approximate surface area is 243 Å². The Morgan fingerprint density at radius 2 is 1.88 bits per heavy atom. The first-order valence-electron chi connectivity index (χ1n) is 14.0. The number of carbonyl (C=O) groups excluding carboxylic acids is 2. The van der Waals surface area contributed by atoms with Gasteiger partial charge in [0.2, 0.25) is 5.79 Å². The molecule has 12 heteroatoms. The third-order valence-electron chi connectivity index (χ3n) is 10.4. The second kappa shape index (κ2) is 9.90. The number of thioether (sulfide) groups is 1. The van der Waals surface area contributed by atoms with E-state index in [-0.39, 0.29) is 24.1 Å². The predicted molar refractivity (Wildman–Crippen MR) is 144 cm³/mol. The standard InChI is InChI=1S/C30H31F5N2O4S/c1-27-12-16-13-36-37(19-6-4-18(32)5-7-19)23(16)11-17(27)3-8-20-21-9-10-22(25(38)42-15-31)28(21,2)14-29(40,24(20)27)41-26(39)30(33,34)35/h4-7,11,13,20-22,24,40H,3,8-10,12,14-15H2,1-2H3/t20-,21-,22-,24-,27-,28-,29-/m0/s1. The maximum Gasteiger partial charge on any atom is 0.491 e. The number of fused-ring (bicyclic) bond motifs is 6. The summed E-state index contributed by atoms with van der Waals surface area (Å²) < 4.78 is 74.1. The van der Waals surface area contributed by atoms with Crippen LogP contribution in [0.25, 0.3) is 11.8 Å². The van der Waals surface area contributed by atoms with Crippen molar-refractivity contribution in [1.82, 2.24) is 9.78 Å². The van der Waals surface area contributed by atoms with Gasteiger partial charge >= 0.3 is 12.1 Å². The number of benzene rings is 1. The van der Waals surface area contributed by atoms with Gasteiger partial charge in [0.05, 0.1) is 17.6 Å². The van der Waals surface area contributed by atoms with Gasteiger partial charge in [-0.3, -0.25) is 4.79 Å². The van der Waals surface area contributed by atoms with Gasteiger partial charge in [-0.25, -0.2) is 18.3 Å². The number of rotatable bonds is 4. The van der Waals surface area contributed by atoms with Crippen LogP contribution in [0.5, 0.6) is 0 Å². The summed E-state index contributed by atoms with van der Waals surface area (Å²) >= 11 is 0.527. The molecule has 6 rings (SSSR count). The number of alkyl halides is 4. The molecule has 4 aliphatic rings. The molecule has 3 fully saturated rings. The lowest BCUT2D eigenvalue weighted by molar-refractivity contribution is -0.315. The van der Waals surface area contributed by atoms with Crippen molar-refractivity contribution < 1.29 is 41.4 Å². The van der Waals surface area contributed by atoms with E-state index in [0.29, 0.717) is 49.6 Å². The van der Waals surface area contributed by atoms with Crippen LogP contribution >= 0.6 is 11.8 Å². The summed E-state index contributed by atoms with van der Waals surface area (Å²) in [5.74, 6) is -7.45. The normalized spacial score (nSPS) is 35.4. The molecule has 3 saturated carbocycles. The van der Waals surface area contributed by atoms with Crippen LogP contribution in [0.4, 0.5) is 22.0 Å². The molecule has 1 aromatic heterocycles. The Hall–Kier alpha value is -2.73. The van der Waals surface area contributed by atoms with Crippen LogP contribution in [0.15, 0.2) is 36.0 Å². The Bertz CT molecular complexity index is 1460. The SMILES string of the molecule is C[C@]12C[C@](O)(OC(=O)C(F)(F)F)[C@H]3[C@@H](CCC4=Cc5c(cnn5-c5ccc(F)cc5)C[C@@]43C)[C@@H]1CC[C@H]2C(=O)SCF. The fraction of sp³-hybridized carbons (Fsp3) is 0.567. The van der Waals surface area contributed by atoms with Gasteiger partial charge in [-0.05, 0) is 85.3 Å². The predicted octanol–water partition coefficient (Wildman–Crippen LogP) is 6.40. The van der Waals surface area contributed by atoms with Gasteiger partial charge in [-0.2, -0.15) is 18.3 Å². The summed E-state index contributed by atoms with van der Waals surface area (Å²) in [5.41, 5.74) is 1.23. The van der Waals surface area contributed by atoms with Crippen molar-refractivity contribution in [3.05, 3.63) is 53.1 Å². The number of ether oxygens (including phenoxy) is 1. The average molecular weight is 611 g/mol. The lowest BCUT2D eigenvalue weighted by Gasteiger charge is -2.62. The fourth-order valence-electron chi connectivity index (χ4n) is 8.94. The van der Waals surface area contributed by atoms with E-state index in [1.165, 1.54) is 12.1 Å². The van der Waals surface area contributed by atoms with Gasteiger partial charge in [0.15, 0.2) is 5.12 Å². The van der Waals surface area contributed by atoms with Crippen LogP contribution in [-0.2, 0) is 20.7 Å². The smallest absolute Gasteiger partial charge is 0.426 e. The van der Waals surface area contributed by atoms with Gasteiger partial charge in [0.1, 0.15) is 11.8 Å². The van der Waals surface area contributed by atoms with Gasteiger partial charge in [0.25, 0.3) is 0 Å². The summed E-state index contributed by atoms with van der Waals surface area (Å²) in [6.45, 7) is 3.65. The van der Waals surface area contributed by atoms with Crippen molar-refractivity contribution >= 4 is 28.9 Å². The monoisotopic (exact) mass is 610 g/mol. The summed E-state index contributed by atoms with van der Waals surface area (Å²) in [7, 11) is 0. The van der Waals surface area contributed by atoms with Crippen molar-refractivity contribution in [3.8, 4) is 5.69 Å². The molecule has 1 heterocycles. The third kappa shape index (κ3) is 4.42. The molecule has 1 aromatic carbocycles. The number of allylic oxidation sites excluding steroid dienone is 1. The molecule has 0 amide bonds. The lowest BCUT2D eigenvalue weighted by atomic mass is 9.45. The molecule has 0 unspecified atom stereocenters. The van der Waals surface area contributed by atoms with Gasteiger partial charge < -0.3 is 9.84 Å². The fourth-order valence-corrected chi connectivity index (χ4v) is 9.64. The average Bonchev–Trinajstić information content (AvgIpc) is 3.46. The van der Waals surface area contributed by atoms with E-state index in [1.807, 2.05) is 13.0 Å². The van der Waals surface area contributed by atoms with Crippen molar-refractivity contribution in [2.75, 3.05) is 6.01 Å². The quantitative estimate of drug-likeness (QED) is 0.245. The van der Waals surface area contributed by atoms with E-state index in [4.69, 9.17) is 4.74 Å². The molecule has 0 bridgehead atoms. The molecular formula is C30H31F5N2O4S. The molecule has 0 aliphatic heterocycles. The van der Waals surface area contributed by atoms with Crippen LogP contribution in [0, 0.1) is 40.3 Å². The third-order valence-corrected chi connectivity index (χ3v) is 11.1. The summed E-state index contributed by atoms with van der Waals surface area (Å²) in [5, 5.41) is 16.3. The van der Waals surface area contributed by atoms with Crippen LogP contribution in [0.1, 0.15) is 57.2 Å². The lowest BCUT2D eigenvalue weighted by Crippen LogP contribution is -2.65. The molecule has 6 nitrogen and oxygen atoms in total. The number of hydrogen-bond acceptors (Lipinski definition) is 6. The molecule has 0 saturated heterocycles. The molecule has 4 aliphatic carbocycles. The molecule has 1 N–H and O–H groups in total. The number of hydrogen-bond donors (Lipinski definition) is 1. The molecule has 226 valence electrons. The van der Waals surface area contributed by atoms with E-state index in [1.54, 1.807) is 29.9 Å². The maximum atomic E-state index is 13.6. The highest BCUT2D eigenvalue weighted by Crippen LogP contribution is 2.69. The Balaban J connectivity index is 1.43.